The second kappa shape index (κ2) is 23.7. The molecule has 13 nitrogen and oxygen atoms in total. The van der Waals surface area contributed by atoms with E-state index in [4.69, 9.17) is 33.5 Å². The number of imide groups is 1. The van der Waals surface area contributed by atoms with Gasteiger partial charge in [-0.25, -0.2) is 0 Å². The Labute approximate surface area is 223 Å². The predicted molar refractivity (Wildman–Crippen MR) is 135 cm³/mol. The molecule has 0 aliphatic carbocycles. The van der Waals surface area contributed by atoms with Crippen LogP contribution < -0.4 is 5.32 Å². The highest BCUT2D eigenvalue weighted by Crippen LogP contribution is 2.07. The van der Waals surface area contributed by atoms with E-state index in [2.05, 4.69) is 5.32 Å². The topological polar surface area (TPSA) is 159 Å². The summed E-state index contributed by atoms with van der Waals surface area (Å²) in [6.07, 6.45) is 5.07. The lowest BCUT2D eigenvalue weighted by Crippen LogP contribution is -2.31. The molecule has 0 unspecified atom stereocenters. The molecular formula is C25H42N2O11. The van der Waals surface area contributed by atoms with Gasteiger partial charge in [-0.2, -0.15) is 0 Å². The number of carboxylic acids is 1. The van der Waals surface area contributed by atoms with Crippen molar-refractivity contribution in [1.82, 2.24) is 10.2 Å². The van der Waals surface area contributed by atoms with E-state index >= 15 is 0 Å². The minimum Gasteiger partial charge on any atom is -0.481 e. The second-order valence-corrected chi connectivity index (χ2v) is 8.14. The Morgan fingerprint density at radius 2 is 1.08 bits per heavy atom. The molecule has 1 heterocycles. The van der Waals surface area contributed by atoms with Crippen LogP contribution in [0.25, 0.3) is 0 Å². The molecule has 0 aromatic heterocycles. The third kappa shape index (κ3) is 19.7. The summed E-state index contributed by atoms with van der Waals surface area (Å²) in [7, 11) is 0. The van der Waals surface area contributed by atoms with Crippen LogP contribution in [0.3, 0.4) is 0 Å². The van der Waals surface area contributed by atoms with Crippen molar-refractivity contribution in [2.75, 3.05) is 92.4 Å². The van der Waals surface area contributed by atoms with Gasteiger partial charge in [0.1, 0.15) is 0 Å². The van der Waals surface area contributed by atoms with Crippen LogP contribution in [0.5, 0.6) is 0 Å². The van der Waals surface area contributed by atoms with Gasteiger partial charge in [-0.15, -0.1) is 0 Å². The summed E-state index contributed by atoms with van der Waals surface area (Å²) < 4.78 is 32.0. The van der Waals surface area contributed by atoms with Crippen LogP contribution in [0, 0.1) is 0 Å². The van der Waals surface area contributed by atoms with Gasteiger partial charge in [0.2, 0.25) is 5.91 Å². The van der Waals surface area contributed by atoms with Gasteiger partial charge < -0.3 is 38.8 Å². The predicted octanol–water partition coefficient (Wildman–Crippen LogP) is 0.162. The minimum absolute atomic E-state index is 0.0116. The number of carbonyl (C=O) groups excluding carboxylic acids is 3. The molecule has 0 atom stereocenters. The van der Waals surface area contributed by atoms with Crippen LogP contribution in [-0.2, 0) is 47.6 Å². The van der Waals surface area contributed by atoms with Crippen LogP contribution in [0.15, 0.2) is 12.2 Å². The maximum Gasteiger partial charge on any atom is 0.305 e. The van der Waals surface area contributed by atoms with Crippen LogP contribution in [0.1, 0.15) is 32.1 Å². The molecule has 0 aromatic carbocycles. The quantitative estimate of drug-likeness (QED) is 0.107. The van der Waals surface area contributed by atoms with Crippen molar-refractivity contribution in [3.63, 3.8) is 0 Å². The van der Waals surface area contributed by atoms with Crippen LogP contribution in [0.4, 0.5) is 0 Å². The fourth-order valence-electron chi connectivity index (χ4n) is 3.10. The molecule has 1 aliphatic rings. The van der Waals surface area contributed by atoms with Crippen molar-refractivity contribution in [1.29, 1.82) is 0 Å². The average Bonchev–Trinajstić information content (AvgIpc) is 3.21. The number of carboxylic acid groups (broad SMARTS) is 1. The van der Waals surface area contributed by atoms with Crippen LogP contribution >= 0.6 is 0 Å². The summed E-state index contributed by atoms with van der Waals surface area (Å²) in [6, 6.07) is 0. The zero-order chi connectivity index (χ0) is 27.7. The Morgan fingerprint density at radius 3 is 1.55 bits per heavy atom. The maximum absolute atomic E-state index is 11.8. The first-order chi connectivity index (χ1) is 18.5. The normalized spacial score (nSPS) is 13.0. The first kappa shape index (κ1) is 33.6. The highest BCUT2D eigenvalue weighted by Gasteiger charge is 2.22. The Hall–Kier alpha value is -2.42. The molecule has 218 valence electrons. The number of ether oxygens (including phenoxy) is 6. The van der Waals surface area contributed by atoms with E-state index in [1.807, 2.05) is 0 Å². The molecule has 0 saturated heterocycles. The number of nitrogens with zero attached hydrogens (tertiary/aromatic N) is 1. The number of unbranched alkanes of at least 4 members (excludes halogenated alkanes) is 2. The molecule has 13 heteroatoms. The summed E-state index contributed by atoms with van der Waals surface area (Å²) in [4.78, 5) is 46.2. The Balaban J connectivity index is 1.71. The van der Waals surface area contributed by atoms with E-state index in [9.17, 15) is 19.2 Å². The van der Waals surface area contributed by atoms with Gasteiger partial charge >= 0.3 is 5.97 Å². The molecule has 0 radical (unpaired) electrons. The molecule has 1 rings (SSSR count). The van der Waals surface area contributed by atoms with Crippen LogP contribution in [0.2, 0.25) is 0 Å². The van der Waals surface area contributed by atoms with Gasteiger partial charge in [-0.05, 0) is 12.8 Å². The van der Waals surface area contributed by atoms with Gasteiger partial charge in [0.25, 0.3) is 11.8 Å². The molecule has 1 aliphatic heterocycles. The zero-order valence-electron chi connectivity index (χ0n) is 22.1. The maximum atomic E-state index is 11.8. The Morgan fingerprint density at radius 1 is 0.632 bits per heavy atom. The second-order valence-electron chi connectivity index (χ2n) is 8.14. The molecule has 38 heavy (non-hydrogen) atoms. The molecule has 0 spiro atoms. The van der Waals surface area contributed by atoms with Crippen LogP contribution in [-0.4, -0.2) is 126 Å². The molecule has 0 saturated carbocycles. The van der Waals surface area contributed by atoms with E-state index in [0.717, 1.165) is 6.42 Å². The first-order valence-corrected chi connectivity index (χ1v) is 13.0. The molecule has 2 N–H and O–H groups in total. The summed E-state index contributed by atoms with van der Waals surface area (Å²) in [5.74, 6) is -1.48. The molecular weight excluding hydrogens is 504 g/mol. The lowest BCUT2D eigenvalue weighted by atomic mass is 10.2. The summed E-state index contributed by atoms with van der Waals surface area (Å²) in [5, 5.41) is 11.3. The first-order valence-electron chi connectivity index (χ1n) is 13.0. The van der Waals surface area contributed by atoms with Crippen molar-refractivity contribution in [2.24, 2.45) is 0 Å². The monoisotopic (exact) mass is 546 g/mol. The van der Waals surface area contributed by atoms with Crippen molar-refractivity contribution >= 4 is 23.7 Å². The standard InChI is InChI=1S/C25H42N2O11/c28-22(4-2-1-3-9-27-23(29)5-6-24(27)30)26-8-11-34-13-15-36-17-19-38-21-20-37-18-16-35-14-12-33-10-7-25(31)32/h5-6H,1-4,7-21H2,(H,26,28)(H,31,32). The van der Waals surface area contributed by atoms with E-state index in [1.165, 1.54) is 17.1 Å². The van der Waals surface area contributed by atoms with Crippen molar-refractivity contribution in [3.8, 4) is 0 Å². The number of nitrogens with one attached hydrogen (secondary N) is 1. The van der Waals surface area contributed by atoms with E-state index < -0.39 is 5.97 Å². The van der Waals surface area contributed by atoms with E-state index in [0.29, 0.717) is 105 Å². The third-order valence-electron chi connectivity index (χ3n) is 5.07. The summed E-state index contributed by atoms with van der Waals surface area (Å²) in [6.45, 7) is 5.67. The average molecular weight is 547 g/mol. The zero-order valence-corrected chi connectivity index (χ0v) is 22.1. The number of hydrogen-bond acceptors (Lipinski definition) is 10. The molecule has 0 bridgehead atoms. The number of aliphatic carboxylic acids is 1. The smallest absolute Gasteiger partial charge is 0.305 e. The molecule has 0 fully saturated rings. The number of amides is 3. The SMILES string of the molecule is O=C(O)CCOCCOCCOCCOCCOCCOCCNC(=O)CCCCCN1C(=O)C=CC1=O. The van der Waals surface area contributed by atoms with Crippen molar-refractivity contribution < 1.29 is 52.7 Å². The van der Waals surface area contributed by atoms with Gasteiger partial charge in [0.05, 0.1) is 85.7 Å². The van der Waals surface area contributed by atoms with Gasteiger partial charge in [0.15, 0.2) is 0 Å². The lowest BCUT2D eigenvalue weighted by molar-refractivity contribution is -0.139. The molecule has 0 aromatic rings. The van der Waals surface area contributed by atoms with E-state index in [1.54, 1.807) is 0 Å². The summed E-state index contributed by atoms with van der Waals surface area (Å²) in [5.41, 5.74) is 0. The van der Waals surface area contributed by atoms with Gasteiger partial charge in [0, 0.05) is 31.7 Å². The number of hydrogen-bond donors (Lipinski definition) is 2. The fraction of sp³-hybridized carbons (Fsp3) is 0.760. The number of carbonyl (C=O) groups is 4. The summed E-state index contributed by atoms with van der Waals surface area (Å²) >= 11 is 0. The van der Waals surface area contributed by atoms with Gasteiger partial charge in [-0.1, -0.05) is 6.42 Å². The third-order valence-corrected chi connectivity index (χ3v) is 5.07. The fourth-order valence-corrected chi connectivity index (χ4v) is 3.10. The largest absolute Gasteiger partial charge is 0.481 e. The highest BCUT2D eigenvalue weighted by atomic mass is 16.6. The van der Waals surface area contributed by atoms with Crippen molar-refractivity contribution in [3.05, 3.63) is 12.2 Å². The van der Waals surface area contributed by atoms with Crippen molar-refractivity contribution in [2.45, 2.75) is 32.1 Å². The molecule has 3 amide bonds. The van der Waals surface area contributed by atoms with E-state index in [-0.39, 0.29) is 30.7 Å². The number of rotatable bonds is 27. The Bertz CT molecular complexity index is 685. The highest BCUT2D eigenvalue weighted by molar-refractivity contribution is 6.12. The Kier molecular flexibility index (Phi) is 20.9. The minimum atomic E-state index is -0.883. The lowest BCUT2D eigenvalue weighted by Gasteiger charge is -2.13. The van der Waals surface area contributed by atoms with Gasteiger partial charge in [-0.3, -0.25) is 24.1 Å².